The van der Waals surface area contributed by atoms with Crippen molar-refractivity contribution in [2.45, 2.75) is 13.0 Å². The molecule has 2 nitrogen and oxygen atoms in total. The number of methoxy groups -OCH3 is 1. The zero-order valence-corrected chi connectivity index (χ0v) is 12.3. The van der Waals surface area contributed by atoms with Crippen molar-refractivity contribution in [1.29, 1.82) is 0 Å². The lowest BCUT2D eigenvalue weighted by Crippen LogP contribution is -2.13. The van der Waals surface area contributed by atoms with Crippen molar-refractivity contribution < 1.29 is 4.74 Å². The molecule has 1 atom stereocenters. The maximum Gasteiger partial charge on any atom is 0.120 e. The molecule has 0 aliphatic heterocycles. The van der Waals surface area contributed by atoms with Crippen LogP contribution in [-0.4, -0.2) is 7.11 Å². The molecular formula is C15H15Cl2NO. The van der Waals surface area contributed by atoms with E-state index in [-0.39, 0.29) is 6.04 Å². The molecule has 0 saturated heterocycles. The number of halogens is 2. The maximum atomic E-state index is 6.29. The predicted molar refractivity (Wildman–Crippen MR) is 80.2 cm³/mol. The third-order valence-corrected chi connectivity index (χ3v) is 3.68. The van der Waals surface area contributed by atoms with Crippen LogP contribution in [0, 0.1) is 6.92 Å². The highest BCUT2D eigenvalue weighted by atomic mass is 35.5. The lowest BCUT2D eigenvalue weighted by atomic mass is 9.96. The van der Waals surface area contributed by atoms with Gasteiger partial charge in [0.25, 0.3) is 0 Å². The second kappa shape index (κ2) is 5.83. The molecule has 0 radical (unpaired) electrons. The summed E-state index contributed by atoms with van der Waals surface area (Å²) in [4.78, 5) is 0. The Labute approximate surface area is 123 Å². The highest BCUT2D eigenvalue weighted by Gasteiger charge is 2.15. The van der Waals surface area contributed by atoms with Gasteiger partial charge in [-0.05, 0) is 47.9 Å². The summed E-state index contributed by atoms with van der Waals surface area (Å²) in [6.07, 6.45) is 0. The number of aryl methyl sites for hydroxylation is 1. The Bertz CT molecular complexity index is 599. The van der Waals surface area contributed by atoms with Crippen LogP contribution >= 0.6 is 23.2 Å². The zero-order valence-electron chi connectivity index (χ0n) is 10.8. The van der Waals surface area contributed by atoms with Crippen molar-refractivity contribution in [2.75, 3.05) is 7.11 Å². The Morgan fingerprint density at radius 3 is 2.42 bits per heavy atom. The van der Waals surface area contributed by atoms with E-state index in [1.165, 1.54) is 0 Å². The Morgan fingerprint density at radius 2 is 1.79 bits per heavy atom. The molecule has 4 heteroatoms. The van der Waals surface area contributed by atoms with Crippen LogP contribution in [0.3, 0.4) is 0 Å². The van der Waals surface area contributed by atoms with Crippen LogP contribution in [0.1, 0.15) is 22.7 Å². The first-order valence-electron chi connectivity index (χ1n) is 5.88. The Hall–Kier alpha value is -1.22. The number of nitrogens with two attached hydrogens (primary N) is 1. The molecule has 1 unspecified atom stereocenters. The summed E-state index contributed by atoms with van der Waals surface area (Å²) < 4.78 is 5.13. The van der Waals surface area contributed by atoms with Gasteiger partial charge in [-0.2, -0.15) is 0 Å². The van der Waals surface area contributed by atoms with Gasteiger partial charge in [0.2, 0.25) is 0 Å². The van der Waals surface area contributed by atoms with E-state index < -0.39 is 0 Å². The van der Waals surface area contributed by atoms with Gasteiger partial charge in [-0.1, -0.05) is 35.3 Å². The molecule has 0 bridgehead atoms. The molecule has 0 aliphatic carbocycles. The minimum atomic E-state index is -0.308. The summed E-state index contributed by atoms with van der Waals surface area (Å²) in [5.41, 5.74) is 9.21. The van der Waals surface area contributed by atoms with Crippen molar-refractivity contribution in [3.8, 4) is 5.75 Å². The minimum Gasteiger partial charge on any atom is -0.497 e. The third kappa shape index (κ3) is 3.03. The van der Waals surface area contributed by atoms with E-state index in [0.717, 1.165) is 16.7 Å². The summed E-state index contributed by atoms with van der Waals surface area (Å²) in [6, 6.07) is 10.9. The molecule has 2 aromatic carbocycles. The van der Waals surface area contributed by atoms with Crippen LogP contribution < -0.4 is 10.5 Å². The summed E-state index contributed by atoms with van der Waals surface area (Å²) >= 11 is 12.3. The van der Waals surface area contributed by atoms with Gasteiger partial charge in [-0.15, -0.1) is 0 Å². The fraction of sp³-hybridized carbons (Fsp3) is 0.200. The van der Waals surface area contributed by atoms with Crippen molar-refractivity contribution in [3.05, 3.63) is 63.1 Å². The fourth-order valence-electron chi connectivity index (χ4n) is 2.00. The molecule has 19 heavy (non-hydrogen) atoms. The molecule has 100 valence electrons. The van der Waals surface area contributed by atoms with Crippen LogP contribution in [0.5, 0.6) is 5.75 Å². The van der Waals surface area contributed by atoms with Gasteiger partial charge in [0, 0.05) is 10.0 Å². The lowest BCUT2D eigenvalue weighted by molar-refractivity contribution is 0.414. The third-order valence-electron chi connectivity index (χ3n) is 3.12. The van der Waals surface area contributed by atoms with E-state index in [2.05, 4.69) is 0 Å². The van der Waals surface area contributed by atoms with E-state index in [0.29, 0.717) is 15.8 Å². The van der Waals surface area contributed by atoms with Gasteiger partial charge in [-0.3, -0.25) is 0 Å². The zero-order chi connectivity index (χ0) is 14.0. The molecule has 2 aromatic rings. The van der Waals surface area contributed by atoms with Crippen LogP contribution in [-0.2, 0) is 0 Å². The van der Waals surface area contributed by atoms with Crippen molar-refractivity contribution in [3.63, 3.8) is 0 Å². The second-order valence-electron chi connectivity index (χ2n) is 4.37. The van der Waals surface area contributed by atoms with Crippen LogP contribution in [0.4, 0.5) is 0 Å². The first-order chi connectivity index (χ1) is 9.02. The average molecular weight is 296 g/mol. The Balaban J connectivity index is 2.43. The molecular weight excluding hydrogens is 281 g/mol. The molecule has 0 amide bonds. The van der Waals surface area contributed by atoms with E-state index in [1.807, 2.05) is 37.3 Å². The highest BCUT2D eigenvalue weighted by Crippen LogP contribution is 2.32. The fourth-order valence-corrected chi connectivity index (χ4v) is 2.47. The van der Waals surface area contributed by atoms with Gasteiger partial charge in [0.05, 0.1) is 13.2 Å². The molecule has 0 heterocycles. The van der Waals surface area contributed by atoms with Gasteiger partial charge >= 0.3 is 0 Å². The van der Waals surface area contributed by atoms with Crippen LogP contribution in [0.25, 0.3) is 0 Å². The van der Waals surface area contributed by atoms with Crippen molar-refractivity contribution in [1.82, 2.24) is 0 Å². The Kier molecular flexibility index (Phi) is 4.35. The number of benzene rings is 2. The molecule has 2 N–H and O–H groups in total. The number of ether oxygens (including phenoxy) is 1. The standard InChI is InChI=1S/C15H15Cl2NO/c1-9-3-4-10(16)7-13(9)15(18)12-6-5-11(19-2)8-14(12)17/h3-8,15H,18H2,1-2H3. The lowest BCUT2D eigenvalue weighted by Gasteiger charge is -2.17. The molecule has 0 aromatic heterocycles. The molecule has 2 rings (SSSR count). The van der Waals surface area contributed by atoms with E-state index >= 15 is 0 Å². The number of hydrogen-bond donors (Lipinski definition) is 1. The molecule has 0 aliphatic rings. The smallest absolute Gasteiger partial charge is 0.120 e. The largest absolute Gasteiger partial charge is 0.497 e. The first kappa shape index (κ1) is 14.2. The quantitative estimate of drug-likeness (QED) is 0.913. The Morgan fingerprint density at radius 1 is 1.05 bits per heavy atom. The maximum absolute atomic E-state index is 6.29. The van der Waals surface area contributed by atoms with Gasteiger partial charge in [-0.25, -0.2) is 0 Å². The van der Waals surface area contributed by atoms with Crippen molar-refractivity contribution >= 4 is 23.2 Å². The van der Waals surface area contributed by atoms with Gasteiger partial charge in [0.1, 0.15) is 5.75 Å². The highest BCUT2D eigenvalue weighted by molar-refractivity contribution is 6.31. The monoisotopic (exact) mass is 295 g/mol. The van der Waals surface area contributed by atoms with Crippen LogP contribution in [0.15, 0.2) is 36.4 Å². The van der Waals surface area contributed by atoms with Crippen LogP contribution in [0.2, 0.25) is 10.0 Å². The van der Waals surface area contributed by atoms with E-state index in [4.69, 9.17) is 33.7 Å². The molecule has 0 saturated carbocycles. The topological polar surface area (TPSA) is 35.2 Å². The SMILES string of the molecule is COc1ccc(C(N)c2cc(Cl)ccc2C)c(Cl)c1. The second-order valence-corrected chi connectivity index (χ2v) is 5.21. The van der Waals surface area contributed by atoms with Gasteiger partial charge in [0.15, 0.2) is 0 Å². The number of rotatable bonds is 3. The van der Waals surface area contributed by atoms with Gasteiger partial charge < -0.3 is 10.5 Å². The first-order valence-corrected chi connectivity index (χ1v) is 6.63. The average Bonchev–Trinajstić information content (AvgIpc) is 2.40. The predicted octanol–water partition coefficient (Wildman–Crippen LogP) is 4.36. The minimum absolute atomic E-state index is 0.308. The summed E-state index contributed by atoms with van der Waals surface area (Å²) in [5, 5.41) is 1.26. The van der Waals surface area contributed by atoms with E-state index in [1.54, 1.807) is 13.2 Å². The molecule has 0 spiro atoms. The van der Waals surface area contributed by atoms with Crippen molar-refractivity contribution in [2.24, 2.45) is 5.73 Å². The summed E-state index contributed by atoms with van der Waals surface area (Å²) in [7, 11) is 1.60. The normalized spacial score (nSPS) is 12.3. The summed E-state index contributed by atoms with van der Waals surface area (Å²) in [6.45, 7) is 2.00. The molecule has 0 fully saturated rings. The van der Waals surface area contributed by atoms with E-state index in [9.17, 15) is 0 Å². The number of hydrogen-bond acceptors (Lipinski definition) is 2. The summed E-state index contributed by atoms with van der Waals surface area (Å²) in [5.74, 6) is 0.712.